The molecule has 2 fully saturated rings. The molecule has 25 heavy (non-hydrogen) atoms. The average Bonchev–Trinajstić information content (AvgIpc) is 3.23. The van der Waals surface area contributed by atoms with E-state index in [1.165, 1.54) is 12.1 Å². The summed E-state index contributed by atoms with van der Waals surface area (Å²) < 4.78 is 0. The average molecular weight is 389 g/mol. The summed E-state index contributed by atoms with van der Waals surface area (Å²) in [6, 6.07) is 2.30. The molecule has 0 aliphatic carbocycles. The molecule has 2 unspecified atom stereocenters. The van der Waals surface area contributed by atoms with E-state index >= 15 is 0 Å². The molecule has 3 rings (SSSR count). The van der Waals surface area contributed by atoms with Crippen molar-refractivity contribution >= 4 is 40.6 Å². The van der Waals surface area contributed by atoms with E-state index < -0.39 is 11.0 Å². The van der Waals surface area contributed by atoms with Crippen LogP contribution in [0.1, 0.15) is 35.4 Å². The van der Waals surface area contributed by atoms with Crippen molar-refractivity contribution in [3.8, 4) is 0 Å². The third kappa shape index (κ3) is 4.10. The molecule has 138 valence electrons. The smallest absolute Gasteiger partial charge is 0.324 e. The number of hydrogen-bond donors (Lipinski definition) is 1. The normalized spacial score (nSPS) is 23.2. The van der Waals surface area contributed by atoms with Gasteiger partial charge in [0.05, 0.1) is 9.80 Å². The fourth-order valence-electron chi connectivity index (χ4n) is 3.37. The van der Waals surface area contributed by atoms with Gasteiger partial charge >= 0.3 is 5.00 Å². The van der Waals surface area contributed by atoms with Crippen LogP contribution in [0.5, 0.6) is 0 Å². The van der Waals surface area contributed by atoms with Gasteiger partial charge < -0.3 is 15.5 Å². The molecule has 0 saturated carbocycles. The fraction of sp³-hybridized carbons (Fsp3) is 0.600. The van der Waals surface area contributed by atoms with Crippen LogP contribution in [0, 0.1) is 10.1 Å². The van der Waals surface area contributed by atoms with Gasteiger partial charge in [0.15, 0.2) is 0 Å². The lowest BCUT2D eigenvalue weighted by atomic mass is 10.0. The van der Waals surface area contributed by atoms with Gasteiger partial charge in [-0.3, -0.25) is 19.7 Å². The zero-order valence-corrected chi connectivity index (χ0v) is 15.3. The second kappa shape index (κ2) is 8.11. The molecular weight excluding hydrogens is 368 g/mol. The molecule has 2 aliphatic rings. The summed E-state index contributed by atoms with van der Waals surface area (Å²) in [6.07, 6.45) is 3.18. The topological polar surface area (TPSA) is 110 Å². The minimum absolute atomic E-state index is 0. The van der Waals surface area contributed by atoms with E-state index in [0.717, 1.165) is 30.6 Å². The third-order valence-electron chi connectivity index (χ3n) is 4.55. The van der Waals surface area contributed by atoms with E-state index in [2.05, 4.69) is 0 Å². The molecular formula is C15H21ClN4O4S. The Bertz CT molecular complexity index is 668. The molecule has 1 aromatic rings. The molecule has 3 heterocycles. The molecule has 2 saturated heterocycles. The zero-order chi connectivity index (χ0) is 17.3. The number of halogens is 1. The molecule has 8 nitrogen and oxygen atoms in total. The largest absolute Gasteiger partial charge is 0.339 e. The van der Waals surface area contributed by atoms with Gasteiger partial charge in [0.1, 0.15) is 6.04 Å². The highest BCUT2D eigenvalue weighted by Crippen LogP contribution is 2.29. The summed E-state index contributed by atoms with van der Waals surface area (Å²) in [5.74, 6) is -0.354. The number of amides is 2. The number of rotatable bonds is 3. The Kier molecular flexibility index (Phi) is 6.36. The third-order valence-corrected chi connectivity index (χ3v) is 5.58. The standard InChI is InChI=1S/C15H20N4O4S.ClH/c16-10-3-1-7-17(9-10)14(20)11-4-2-8-18(11)15(21)12-5-6-13(24-12)19(22)23;/h5-6,10-11H,1-4,7-9,16H2;1H. The highest BCUT2D eigenvalue weighted by Gasteiger charge is 2.38. The van der Waals surface area contributed by atoms with Gasteiger partial charge in [-0.1, -0.05) is 11.3 Å². The number of carbonyl (C=O) groups excluding carboxylic acids is 2. The van der Waals surface area contributed by atoms with E-state index in [9.17, 15) is 19.7 Å². The van der Waals surface area contributed by atoms with Crippen LogP contribution in [-0.2, 0) is 4.79 Å². The van der Waals surface area contributed by atoms with Crippen molar-refractivity contribution in [2.24, 2.45) is 5.73 Å². The maximum atomic E-state index is 12.8. The van der Waals surface area contributed by atoms with Gasteiger partial charge in [0.2, 0.25) is 5.91 Å². The molecule has 0 aromatic carbocycles. The summed E-state index contributed by atoms with van der Waals surface area (Å²) in [6.45, 7) is 1.71. The second-order valence-corrected chi connectivity index (χ2v) is 7.30. The number of carbonyl (C=O) groups is 2. The van der Waals surface area contributed by atoms with E-state index in [1.807, 2.05) is 0 Å². The molecule has 2 amide bonds. The lowest BCUT2D eigenvalue weighted by molar-refractivity contribution is -0.380. The summed E-state index contributed by atoms with van der Waals surface area (Å²) in [5.41, 5.74) is 5.94. The lowest BCUT2D eigenvalue weighted by Crippen LogP contribution is -2.52. The van der Waals surface area contributed by atoms with Crippen LogP contribution in [-0.4, -0.2) is 58.3 Å². The Morgan fingerprint density at radius 1 is 1.24 bits per heavy atom. The van der Waals surface area contributed by atoms with Crippen molar-refractivity contribution in [2.75, 3.05) is 19.6 Å². The van der Waals surface area contributed by atoms with Crippen molar-refractivity contribution in [2.45, 2.75) is 37.8 Å². The maximum absolute atomic E-state index is 12.8. The summed E-state index contributed by atoms with van der Waals surface area (Å²) in [4.78, 5) is 39.3. The van der Waals surface area contributed by atoms with Gasteiger partial charge in [0, 0.05) is 31.7 Å². The predicted molar refractivity (Wildman–Crippen MR) is 96.1 cm³/mol. The highest BCUT2D eigenvalue weighted by molar-refractivity contribution is 7.17. The van der Waals surface area contributed by atoms with Crippen LogP contribution in [0.25, 0.3) is 0 Å². The summed E-state index contributed by atoms with van der Waals surface area (Å²) in [5, 5.41) is 10.7. The Labute approximate surface area is 155 Å². The van der Waals surface area contributed by atoms with Gasteiger partial charge in [0.25, 0.3) is 5.91 Å². The minimum Gasteiger partial charge on any atom is -0.339 e. The second-order valence-electron chi connectivity index (χ2n) is 6.24. The molecule has 2 aliphatic heterocycles. The Morgan fingerprint density at radius 2 is 1.96 bits per heavy atom. The van der Waals surface area contributed by atoms with Crippen molar-refractivity contribution in [3.05, 3.63) is 27.1 Å². The van der Waals surface area contributed by atoms with Crippen molar-refractivity contribution < 1.29 is 14.5 Å². The Morgan fingerprint density at radius 3 is 2.60 bits per heavy atom. The number of nitrogens with zero attached hydrogens (tertiary/aromatic N) is 3. The van der Waals surface area contributed by atoms with Crippen LogP contribution < -0.4 is 5.73 Å². The quantitative estimate of drug-likeness (QED) is 0.625. The van der Waals surface area contributed by atoms with E-state index in [4.69, 9.17) is 5.73 Å². The minimum atomic E-state index is -0.511. The van der Waals surface area contributed by atoms with E-state index in [0.29, 0.717) is 30.9 Å². The molecule has 10 heteroatoms. The molecule has 2 N–H and O–H groups in total. The molecule has 0 bridgehead atoms. The van der Waals surface area contributed by atoms with Gasteiger partial charge in [-0.25, -0.2) is 0 Å². The van der Waals surface area contributed by atoms with Crippen LogP contribution in [0.2, 0.25) is 0 Å². The fourth-order valence-corrected chi connectivity index (χ4v) is 4.15. The summed E-state index contributed by atoms with van der Waals surface area (Å²) >= 11 is 0.850. The van der Waals surface area contributed by atoms with E-state index in [1.54, 1.807) is 9.80 Å². The number of nitro groups is 1. The summed E-state index contributed by atoms with van der Waals surface area (Å²) in [7, 11) is 0. The first-order chi connectivity index (χ1) is 11.5. The van der Waals surface area contributed by atoms with E-state index in [-0.39, 0.29) is 35.3 Å². The van der Waals surface area contributed by atoms with Crippen LogP contribution in [0.15, 0.2) is 12.1 Å². The van der Waals surface area contributed by atoms with Gasteiger partial charge in [-0.2, -0.15) is 0 Å². The number of nitrogens with two attached hydrogens (primary N) is 1. The molecule has 0 radical (unpaired) electrons. The van der Waals surface area contributed by atoms with Crippen molar-refractivity contribution in [1.82, 2.24) is 9.80 Å². The number of hydrogen-bond acceptors (Lipinski definition) is 6. The first-order valence-corrected chi connectivity index (χ1v) is 8.88. The van der Waals surface area contributed by atoms with Crippen LogP contribution in [0.3, 0.4) is 0 Å². The van der Waals surface area contributed by atoms with Gasteiger partial charge in [-0.15, -0.1) is 12.4 Å². The predicted octanol–water partition coefficient (Wildman–Crippen LogP) is 1.63. The Hall–Kier alpha value is -1.71. The molecule has 2 atom stereocenters. The van der Waals surface area contributed by atoms with Crippen LogP contribution in [0.4, 0.5) is 5.00 Å². The zero-order valence-electron chi connectivity index (χ0n) is 13.6. The monoisotopic (exact) mass is 388 g/mol. The van der Waals surface area contributed by atoms with Crippen molar-refractivity contribution in [1.29, 1.82) is 0 Å². The van der Waals surface area contributed by atoms with Crippen LogP contribution >= 0.6 is 23.7 Å². The maximum Gasteiger partial charge on any atom is 0.324 e. The molecule has 1 aromatic heterocycles. The number of likely N-dealkylation sites (tertiary alicyclic amines) is 2. The number of piperidine rings is 1. The Balaban J connectivity index is 0.00000225. The highest BCUT2D eigenvalue weighted by atomic mass is 35.5. The first kappa shape index (κ1) is 19.6. The van der Waals surface area contributed by atoms with Gasteiger partial charge in [-0.05, 0) is 31.7 Å². The first-order valence-electron chi connectivity index (χ1n) is 8.07. The SMILES string of the molecule is Cl.NC1CCCN(C(=O)C2CCCN2C(=O)c2ccc([N+](=O)[O-])s2)C1. The van der Waals surface area contributed by atoms with Crippen molar-refractivity contribution in [3.63, 3.8) is 0 Å². The number of thiophene rings is 1. The molecule has 0 spiro atoms. The lowest BCUT2D eigenvalue weighted by Gasteiger charge is -2.34.